The molecule has 0 aliphatic rings. The van der Waals surface area contributed by atoms with Gasteiger partial charge in [0.2, 0.25) is 12.6 Å². The SMILES string of the molecule is C=C(C)C(=O)OC(C)OP(=O)(OCC)OC(C)OC(=O)C(=C)C. The fourth-order valence-electron chi connectivity index (χ4n) is 1.15. The van der Waals surface area contributed by atoms with Crippen LogP contribution in [0, 0.1) is 0 Å². The van der Waals surface area contributed by atoms with Gasteiger partial charge in [0.25, 0.3) is 0 Å². The van der Waals surface area contributed by atoms with Crippen LogP contribution in [0.2, 0.25) is 0 Å². The predicted octanol–water partition coefficient (Wildman–Crippen LogP) is 3.09. The third-order valence-corrected chi connectivity index (χ3v) is 3.77. The van der Waals surface area contributed by atoms with Gasteiger partial charge in [-0.25, -0.2) is 23.2 Å². The van der Waals surface area contributed by atoms with Gasteiger partial charge in [0.05, 0.1) is 6.61 Å². The van der Waals surface area contributed by atoms with E-state index in [1.165, 1.54) is 27.7 Å². The van der Waals surface area contributed by atoms with Crippen LogP contribution >= 0.6 is 7.82 Å². The van der Waals surface area contributed by atoms with Crippen molar-refractivity contribution in [2.75, 3.05) is 6.61 Å². The molecule has 0 aromatic heterocycles. The second-order valence-electron chi connectivity index (χ2n) is 4.58. The van der Waals surface area contributed by atoms with Gasteiger partial charge in [0.1, 0.15) is 0 Å². The van der Waals surface area contributed by atoms with E-state index in [2.05, 4.69) is 13.2 Å². The Morgan fingerprint density at radius 3 is 1.57 bits per heavy atom. The van der Waals surface area contributed by atoms with E-state index in [1.807, 2.05) is 0 Å². The maximum atomic E-state index is 12.4. The number of hydrogen-bond acceptors (Lipinski definition) is 8. The van der Waals surface area contributed by atoms with Crippen LogP contribution in [0.5, 0.6) is 0 Å². The number of phosphoric ester groups is 1. The quantitative estimate of drug-likeness (QED) is 0.257. The first-order valence-corrected chi connectivity index (χ1v) is 8.31. The highest BCUT2D eigenvalue weighted by Crippen LogP contribution is 2.51. The van der Waals surface area contributed by atoms with E-state index in [0.29, 0.717) is 0 Å². The molecule has 0 amide bonds. The third-order valence-electron chi connectivity index (χ3n) is 2.09. The molecule has 0 saturated carbocycles. The molecule has 132 valence electrons. The van der Waals surface area contributed by atoms with Crippen molar-refractivity contribution in [1.82, 2.24) is 0 Å². The van der Waals surface area contributed by atoms with Crippen molar-refractivity contribution >= 4 is 19.8 Å². The Hall–Kier alpha value is -1.47. The first-order chi connectivity index (χ1) is 10.5. The molecule has 0 rings (SSSR count). The number of rotatable bonds is 10. The fraction of sp³-hybridized carbons (Fsp3) is 0.571. The Labute approximate surface area is 136 Å². The van der Waals surface area contributed by atoms with Gasteiger partial charge in [0, 0.05) is 11.1 Å². The van der Waals surface area contributed by atoms with Crippen LogP contribution in [0.15, 0.2) is 24.3 Å². The Kier molecular flexibility index (Phi) is 9.01. The molecule has 0 spiro atoms. The van der Waals surface area contributed by atoms with E-state index in [4.69, 9.17) is 23.0 Å². The monoisotopic (exact) mass is 350 g/mol. The number of phosphoric acid groups is 1. The summed E-state index contributed by atoms with van der Waals surface area (Å²) in [7, 11) is -4.12. The summed E-state index contributed by atoms with van der Waals surface area (Å²) in [5.41, 5.74) is 0.299. The maximum absolute atomic E-state index is 12.4. The molecule has 9 heteroatoms. The van der Waals surface area contributed by atoms with Crippen LogP contribution in [0.25, 0.3) is 0 Å². The fourth-order valence-corrected chi connectivity index (χ4v) is 2.45. The van der Waals surface area contributed by atoms with Crippen LogP contribution in [-0.4, -0.2) is 31.1 Å². The first kappa shape index (κ1) is 21.5. The molecule has 0 aromatic carbocycles. The molecule has 0 radical (unpaired) electrons. The molecule has 8 nitrogen and oxygen atoms in total. The highest BCUT2D eigenvalue weighted by atomic mass is 31.2. The number of ether oxygens (including phenoxy) is 2. The zero-order valence-corrected chi connectivity index (χ0v) is 14.9. The minimum Gasteiger partial charge on any atom is -0.432 e. The normalized spacial score (nSPS) is 15.9. The van der Waals surface area contributed by atoms with Gasteiger partial charge < -0.3 is 9.47 Å². The van der Waals surface area contributed by atoms with Crippen molar-refractivity contribution in [3.05, 3.63) is 24.3 Å². The van der Waals surface area contributed by atoms with Gasteiger partial charge in [-0.05, 0) is 34.6 Å². The van der Waals surface area contributed by atoms with E-state index in [-0.39, 0.29) is 17.8 Å². The van der Waals surface area contributed by atoms with Gasteiger partial charge in [0.15, 0.2) is 0 Å². The van der Waals surface area contributed by atoms with Gasteiger partial charge in [-0.15, -0.1) is 0 Å². The Morgan fingerprint density at radius 2 is 1.30 bits per heavy atom. The summed E-state index contributed by atoms with van der Waals surface area (Å²) < 4.78 is 37.1. The average molecular weight is 350 g/mol. The summed E-state index contributed by atoms with van der Waals surface area (Å²) in [6.07, 6.45) is -2.44. The van der Waals surface area contributed by atoms with Gasteiger partial charge in [-0.2, -0.15) is 0 Å². The number of hydrogen-bond donors (Lipinski definition) is 0. The molecule has 0 bridgehead atoms. The lowest BCUT2D eigenvalue weighted by molar-refractivity contribution is -0.165. The Bertz CT molecular complexity index is 473. The molecule has 2 atom stereocenters. The van der Waals surface area contributed by atoms with Crippen molar-refractivity contribution in [2.24, 2.45) is 0 Å². The van der Waals surface area contributed by atoms with Crippen molar-refractivity contribution in [2.45, 2.75) is 47.2 Å². The van der Waals surface area contributed by atoms with Crippen molar-refractivity contribution in [3.8, 4) is 0 Å². The lowest BCUT2D eigenvalue weighted by atomic mass is 10.4. The van der Waals surface area contributed by atoms with E-state index in [0.717, 1.165) is 0 Å². The summed E-state index contributed by atoms with van der Waals surface area (Å²) in [5.74, 6) is -1.44. The van der Waals surface area contributed by atoms with Crippen molar-refractivity contribution in [1.29, 1.82) is 0 Å². The Morgan fingerprint density at radius 1 is 0.957 bits per heavy atom. The lowest BCUT2D eigenvalue weighted by Gasteiger charge is -2.23. The molecule has 0 aromatic rings. The molecule has 0 saturated heterocycles. The van der Waals surface area contributed by atoms with E-state index >= 15 is 0 Å². The second-order valence-corrected chi connectivity index (χ2v) is 6.16. The van der Waals surface area contributed by atoms with Crippen LogP contribution in [0.4, 0.5) is 0 Å². The summed E-state index contributed by atoms with van der Waals surface area (Å²) in [5, 5.41) is 0. The molecule has 0 N–H and O–H groups in total. The van der Waals surface area contributed by atoms with Crippen LogP contribution in [0.1, 0.15) is 34.6 Å². The average Bonchev–Trinajstić information content (AvgIpc) is 2.37. The minimum atomic E-state index is -4.12. The smallest absolute Gasteiger partial charge is 0.432 e. The molecular formula is C14H23O8P. The van der Waals surface area contributed by atoms with E-state index in [9.17, 15) is 14.2 Å². The van der Waals surface area contributed by atoms with Gasteiger partial charge >= 0.3 is 19.8 Å². The summed E-state index contributed by atoms with van der Waals surface area (Å²) in [6, 6.07) is 0. The molecular weight excluding hydrogens is 327 g/mol. The zero-order valence-electron chi connectivity index (χ0n) is 14.0. The first-order valence-electron chi connectivity index (χ1n) is 6.85. The molecule has 0 fully saturated rings. The van der Waals surface area contributed by atoms with Crippen molar-refractivity contribution < 1.29 is 37.2 Å². The molecule has 2 unspecified atom stereocenters. The third kappa shape index (κ3) is 8.66. The minimum absolute atomic E-state index is 0.000414. The van der Waals surface area contributed by atoms with Gasteiger partial charge in [-0.1, -0.05) is 13.2 Å². The number of esters is 2. The maximum Gasteiger partial charge on any atom is 0.481 e. The standard InChI is InChI=1S/C14H23O8P/c1-8-18-23(17,21-11(6)19-13(15)9(2)3)22-12(7)20-14(16)10(4)5/h11-12H,2,4,8H2,1,3,5-7H3. The largest absolute Gasteiger partial charge is 0.481 e. The molecule has 23 heavy (non-hydrogen) atoms. The van der Waals surface area contributed by atoms with Crippen molar-refractivity contribution in [3.63, 3.8) is 0 Å². The van der Waals surface area contributed by atoms with E-state index < -0.39 is 32.3 Å². The van der Waals surface area contributed by atoms with Crippen LogP contribution in [0.3, 0.4) is 0 Å². The van der Waals surface area contributed by atoms with E-state index in [1.54, 1.807) is 6.92 Å². The lowest BCUT2D eigenvalue weighted by Crippen LogP contribution is -2.22. The zero-order chi connectivity index (χ0) is 18.2. The Balaban J connectivity index is 4.81. The predicted molar refractivity (Wildman–Crippen MR) is 82.1 cm³/mol. The second kappa shape index (κ2) is 9.62. The number of carbonyl (C=O) groups excluding carboxylic acids is 2. The van der Waals surface area contributed by atoms with Crippen LogP contribution < -0.4 is 0 Å². The van der Waals surface area contributed by atoms with Gasteiger partial charge in [-0.3, -0.25) is 4.52 Å². The topological polar surface area (TPSA) is 97.4 Å². The van der Waals surface area contributed by atoms with Crippen LogP contribution in [-0.2, 0) is 37.2 Å². The highest BCUT2D eigenvalue weighted by Gasteiger charge is 2.34. The number of carbonyl (C=O) groups is 2. The molecule has 0 aliphatic heterocycles. The molecule has 0 aliphatic carbocycles. The summed E-state index contributed by atoms with van der Waals surface area (Å²) in [6.45, 7) is 14.0. The molecule has 0 heterocycles. The summed E-state index contributed by atoms with van der Waals surface area (Å²) >= 11 is 0. The highest BCUT2D eigenvalue weighted by molar-refractivity contribution is 7.48. The summed E-state index contributed by atoms with van der Waals surface area (Å²) in [4.78, 5) is 22.8.